The molecule has 0 saturated carbocycles. The summed E-state index contributed by atoms with van der Waals surface area (Å²) in [6.07, 6.45) is 5.92. The fourth-order valence-corrected chi connectivity index (χ4v) is 4.00. The van der Waals surface area contributed by atoms with Gasteiger partial charge in [0.25, 0.3) is 0 Å². The first-order valence-corrected chi connectivity index (χ1v) is 9.33. The molecule has 2 saturated heterocycles. The molecule has 0 aromatic heterocycles. The molecule has 1 aliphatic carbocycles. The summed E-state index contributed by atoms with van der Waals surface area (Å²) in [5.74, 6) is -0.324. The molecule has 3 rings (SSSR count). The number of rotatable bonds is 1. The van der Waals surface area contributed by atoms with Gasteiger partial charge in [-0.15, -0.1) is 0 Å². The summed E-state index contributed by atoms with van der Waals surface area (Å²) < 4.78 is 17.1. The summed E-state index contributed by atoms with van der Waals surface area (Å²) >= 11 is 0. The van der Waals surface area contributed by atoms with Crippen LogP contribution in [0.3, 0.4) is 0 Å². The molecule has 0 bridgehead atoms. The van der Waals surface area contributed by atoms with Gasteiger partial charge in [-0.25, -0.2) is 4.79 Å². The Morgan fingerprint density at radius 1 is 1.35 bits per heavy atom. The number of ether oxygens (including phenoxy) is 3. The van der Waals surface area contributed by atoms with Crippen molar-refractivity contribution < 1.29 is 23.8 Å². The largest absolute Gasteiger partial charge is 0.459 e. The molecule has 0 radical (unpaired) electrons. The summed E-state index contributed by atoms with van der Waals surface area (Å²) in [6.45, 7) is 11.4. The molecule has 5 heteroatoms. The van der Waals surface area contributed by atoms with Crippen LogP contribution in [0.25, 0.3) is 0 Å². The third kappa shape index (κ3) is 3.63. The third-order valence-electron chi connectivity index (χ3n) is 5.81. The Morgan fingerprint density at radius 2 is 2.08 bits per heavy atom. The van der Waals surface area contributed by atoms with E-state index in [4.69, 9.17) is 14.2 Å². The molecular weight excluding hydrogens is 332 g/mol. The first-order valence-electron chi connectivity index (χ1n) is 9.33. The number of carbonyl (C=O) groups is 2. The quantitative estimate of drug-likeness (QED) is 0.306. The zero-order chi connectivity index (χ0) is 19.1. The summed E-state index contributed by atoms with van der Waals surface area (Å²) in [4.78, 5) is 23.8. The van der Waals surface area contributed by atoms with E-state index in [0.717, 1.165) is 31.3 Å². The van der Waals surface area contributed by atoms with Crippen molar-refractivity contribution in [1.29, 1.82) is 0 Å². The lowest BCUT2D eigenvalue weighted by molar-refractivity contribution is -0.150. The second kappa shape index (κ2) is 7.03. The molecule has 142 valence electrons. The Labute approximate surface area is 155 Å². The SMILES string of the molecule is C=C1C(=O)OC2=C(C)CCC=C(C)CCC3OC3(C)C(OC(C)=O)CC12. The average molecular weight is 360 g/mol. The van der Waals surface area contributed by atoms with Crippen molar-refractivity contribution in [3.63, 3.8) is 0 Å². The zero-order valence-electron chi connectivity index (χ0n) is 16.1. The van der Waals surface area contributed by atoms with Crippen molar-refractivity contribution in [3.05, 3.63) is 35.1 Å². The lowest BCUT2D eigenvalue weighted by atomic mass is 9.85. The summed E-state index contributed by atoms with van der Waals surface area (Å²) in [5.41, 5.74) is 2.28. The van der Waals surface area contributed by atoms with Crippen LogP contribution in [0.5, 0.6) is 0 Å². The van der Waals surface area contributed by atoms with E-state index in [9.17, 15) is 9.59 Å². The fraction of sp³-hybridized carbons (Fsp3) is 0.619. The lowest BCUT2D eigenvalue weighted by Gasteiger charge is -2.25. The molecule has 3 aliphatic rings. The van der Waals surface area contributed by atoms with Crippen LogP contribution in [-0.2, 0) is 23.8 Å². The molecule has 0 aromatic rings. The fourth-order valence-electron chi connectivity index (χ4n) is 4.00. The Kier molecular flexibility index (Phi) is 5.11. The molecule has 2 aliphatic heterocycles. The van der Waals surface area contributed by atoms with Crippen LogP contribution in [0, 0.1) is 5.92 Å². The lowest BCUT2D eigenvalue weighted by Crippen LogP contribution is -2.35. The summed E-state index contributed by atoms with van der Waals surface area (Å²) in [7, 11) is 0. The van der Waals surface area contributed by atoms with Crippen LogP contribution in [0.4, 0.5) is 0 Å². The highest BCUT2D eigenvalue weighted by molar-refractivity contribution is 5.92. The van der Waals surface area contributed by atoms with Crippen molar-refractivity contribution in [3.8, 4) is 0 Å². The smallest absolute Gasteiger partial charge is 0.339 e. The Balaban J connectivity index is 1.96. The molecule has 26 heavy (non-hydrogen) atoms. The van der Waals surface area contributed by atoms with Crippen LogP contribution in [0.15, 0.2) is 35.1 Å². The molecule has 0 amide bonds. The molecule has 4 atom stereocenters. The topological polar surface area (TPSA) is 65.1 Å². The van der Waals surface area contributed by atoms with Gasteiger partial charge < -0.3 is 14.2 Å². The van der Waals surface area contributed by atoms with Gasteiger partial charge in [0.1, 0.15) is 17.5 Å². The highest BCUT2D eigenvalue weighted by Gasteiger charge is 2.59. The van der Waals surface area contributed by atoms with E-state index in [0.29, 0.717) is 17.8 Å². The van der Waals surface area contributed by atoms with Crippen molar-refractivity contribution in [2.24, 2.45) is 5.92 Å². The highest BCUT2D eigenvalue weighted by atomic mass is 16.6. The number of hydrogen-bond acceptors (Lipinski definition) is 5. The first kappa shape index (κ1) is 18.9. The minimum atomic E-state index is -0.523. The molecule has 4 unspecified atom stereocenters. The molecule has 0 N–H and O–H groups in total. The van der Waals surface area contributed by atoms with E-state index in [1.165, 1.54) is 12.5 Å². The van der Waals surface area contributed by atoms with E-state index in [2.05, 4.69) is 19.6 Å². The maximum atomic E-state index is 12.1. The molecule has 2 fully saturated rings. The molecule has 5 nitrogen and oxygen atoms in total. The third-order valence-corrected chi connectivity index (χ3v) is 5.81. The average Bonchev–Trinajstić information content (AvgIpc) is 3.15. The monoisotopic (exact) mass is 360 g/mol. The van der Waals surface area contributed by atoms with Crippen molar-refractivity contribution in [1.82, 2.24) is 0 Å². The predicted octanol–water partition coefficient (Wildman–Crippen LogP) is 3.99. The second-order valence-corrected chi connectivity index (χ2v) is 7.86. The van der Waals surface area contributed by atoms with Crippen LogP contribution >= 0.6 is 0 Å². The maximum Gasteiger partial charge on any atom is 0.339 e. The predicted molar refractivity (Wildman–Crippen MR) is 97.1 cm³/mol. The van der Waals surface area contributed by atoms with E-state index in [1.54, 1.807) is 0 Å². The van der Waals surface area contributed by atoms with E-state index >= 15 is 0 Å². The van der Waals surface area contributed by atoms with Crippen LogP contribution in [0.1, 0.15) is 59.8 Å². The number of fused-ring (bicyclic) bond motifs is 2. The van der Waals surface area contributed by atoms with E-state index in [-0.39, 0.29) is 24.0 Å². The minimum Gasteiger partial charge on any atom is -0.459 e. The number of allylic oxidation sites excluding steroid dienone is 4. The van der Waals surface area contributed by atoms with Gasteiger partial charge in [-0.3, -0.25) is 4.79 Å². The standard InChI is InChI=1S/C21H28O5/c1-12-7-6-8-13(2)19-16(14(3)20(23)25-19)11-18(24-15(4)22)21(5)17(26-21)10-9-12/h7,16-18H,3,6,8-11H2,1-2,4-5H3. The number of epoxide rings is 1. The van der Waals surface area contributed by atoms with Gasteiger partial charge in [0, 0.05) is 18.9 Å². The van der Waals surface area contributed by atoms with Crippen LogP contribution in [-0.4, -0.2) is 29.7 Å². The van der Waals surface area contributed by atoms with Crippen LogP contribution in [0.2, 0.25) is 0 Å². The van der Waals surface area contributed by atoms with E-state index < -0.39 is 11.7 Å². The number of carbonyl (C=O) groups excluding carboxylic acids is 2. The number of esters is 2. The number of hydrogen-bond donors (Lipinski definition) is 0. The molecular formula is C21H28O5. The normalized spacial score (nSPS) is 35.2. The van der Waals surface area contributed by atoms with Crippen molar-refractivity contribution in [2.75, 3.05) is 0 Å². The zero-order valence-corrected chi connectivity index (χ0v) is 16.1. The van der Waals surface area contributed by atoms with E-state index in [1.807, 2.05) is 13.8 Å². The van der Waals surface area contributed by atoms with Gasteiger partial charge >= 0.3 is 11.9 Å². The van der Waals surface area contributed by atoms with Crippen LogP contribution < -0.4 is 0 Å². The maximum absolute atomic E-state index is 12.1. The van der Waals surface area contributed by atoms with Gasteiger partial charge in [0.2, 0.25) is 0 Å². The van der Waals surface area contributed by atoms with Gasteiger partial charge in [-0.2, -0.15) is 0 Å². The summed E-state index contributed by atoms with van der Waals surface area (Å²) in [5, 5.41) is 0. The molecule has 0 spiro atoms. The molecule has 0 aromatic carbocycles. The molecule has 2 heterocycles. The first-order chi connectivity index (χ1) is 12.2. The summed E-state index contributed by atoms with van der Waals surface area (Å²) in [6, 6.07) is 0. The van der Waals surface area contributed by atoms with Gasteiger partial charge in [0.15, 0.2) is 0 Å². The Morgan fingerprint density at radius 3 is 2.77 bits per heavy atom. The van der Waals surface area contributed by atoms with Crippen molar-refractivity contribution >= 4 is 11.9 Å². The van der Waals surface area contributed by atoms with Gasteiger partial charge in [-0.05, 0) is 52.0 Å². The minimum absolute atomic E-state index is 0.0516. The Hall–Kier alpha value is -1.88. The van der Waals surface area contributed by atoms with Crippen molar-refractivity contribution in [2.45, 2.75) is 77.6 Å². The highest BCUT2D eigenvalue weighted by Crippen LogP contribution is 2.48. The Bertz CT molecular complexity index is 701. The van der Waals surface area contributed by atoms with Gasteiger partial charge in [-0.1, -0.05) is 18.2 Å². The second-order valence-electron chi connectivity index (χ2n) is 7.86. The van der Waals surface area contributed by atoms with Gasteiger partial charge in [0.05, 0.1) is 12.0 Å².